The standard InChI is InChI=1S/C6H10N2O2S2/c1-2-11-4-5-3-8-6(7)12(5,9)10/h3H,2,4H2,1H3,(H2,7,8). The van der Waals surface area contributed by atoms with E-state index in [0.29, 0.717) is 10.7 Å². The van der Waals surface area contributed by atoms with Crippen molar-refractivity contribution in [3.63, 3.8) is 0 Å². The molecule has 0 aromatic carbocycles. The molecule has 0 aromatic rings. The molecule has 0 aliphatic carbocycles. The molecule has 2 N–H and O–H groups in total. The molecule has 1 heterocycles. The van der Waals surface area contributed by atoms with E-state index in [1.165, 1.54) is 18.0 Å². The molecule has 0 aromatic heterocycles. The third kappa shape index (κ3) is 1.64. The summed E-state index contributed by atoms with van der Waals surface area (Å²) in [7, 11) is -3.37. The number of aliphatic imine (C=N–C) groups is 1. The molecule has 0 amide bonds. The molecule has 0 saturated carbocycles. The Kier molecular flexibility index (Phi) is 2.79. The lowest BCUT2D eigenvalue weighted by molar-refractivity contribution is 0.613. The molecule has 68 valence electrons. The van der Waals surface area contributed by atoms with Gasteiger partial charge >= 0.3 is 0 Å². The van der Waals surface area contributed by atoms with Crippen LogP contribution in [-0.2, 0) is 9.84 Å². The quantitative estimate of drug-likeness (QED) is 0.722. The molecule has 0 atom stereocenters. The fourth-order valence-electron chi connectivity index (χ4n) is 0.726. The lowest BCUT2D eigenvalue weighted by Crippen LogP contribution is -2.22. The van der Waals surface area contributed by atoms with Crippen LogP contribution in [0.15, 0.2) is 16.1 Å². The first kappa shape index (κ1) is 9.60. The smallest absolute Gasteiger partial charge is 0.237 e. The summed E-state index contributed by atoms with van der Waals surface area (Å²) in [6, 6.07) is 0. The molecular weight excluding hydrogens is 196 g/mol. The van der Waals surface area contributed by atoms with Crippen LogP contribution < -0.4 is 5.73 Å². The molecule has 0 unspecified atom stereocenters. The van der Waals surface area contributed by atoms with Crippen molar-refractivity contribution in [3.8, 4) is 0 Å². The van der Waals surface area contributed by atoms with Gasteiger partial charge in [0.15, 0.2) is 0 Å². The van der Waals surface area contributed by atoms with Gasteiger partial charge in [-0.15, -0.1) is 0 Å². The van der Waals surface area contributed by atoms with Crippen LogP contribution >= 0.6 is 11.8 Å². The summed E-state index contributed by atoms with van der Waals surface area (Å²) in [6.07, 6.45) is 1.33. The minimum Gasteiger partial charge on any atom is -0.374 e. The second-order valence-electron chi connectivity index (χ2n) is 2.20. The zero-order valence-corrected chi connectivity index (χ0v) is 8.28. The third-order valence-corrected chi connectivity index (χ3v) is 4.11. The summed E-state index contributed by atoms with van der Waals surface area (Å²) >= 11 is 1.53. The lowest BCUT2D eigenvalue weighted by Gasteiger charge is -1.99. The van der Waals surface area contributed by atoms with Crippen molar-refractivity contribution in [2.75, 3.05) is 11.5 Å². The third-order valence-electron chi connectivity index (χ3n) is 1.40. The van der Waals surface area contributed by atoms with E-state index in [0.717, 1.165) is 5.75 Å². The van der Waals surface area contributed by atoms with Gasteiger partial charge < -0.3 is 5.73 Å². The molecule has 0 fully saturated rings. The van der Waals surface area contributed by atoms with Gasteiger partial charge in [0.1, 0.15) is 0 Å². The molecule has 0 saturated heterocycles. The van der Waals surface area contributed by atoms with Gasteiger partial charge in [0.2, 0.25) is 15.0 Å². The molecule has 6 heteroatoms. The normalized spacial score (nSPS) is 20.4. The molecule has 0 spiro atoms. The lowest BCUT2D eigenvalue weighted by atomic mass is 10.7. The van der Waals surface area contributed by atoms with Crippen LogP contribution in [0.2, 0.25) is 0 Å². The minimum atomic E-state index is -3.37. The van der Waals surface area contributed by atoms with E-state index in [-0.39, 0.29) is 5.17 Å². The molecule has 1 rings (SSSR count). The average molecular weight is 206 g/mol. The summed E-state index contributed by atoms with van der Waals surface area (Å²) in [5.74, 6) is 1.34. The fraction of sp³-hybridized carbons (Fsp3) is 0.500. The highest BCUT2D eigenvalue weighted by atomic mass is 32.2. The molecule has 0 radical (unpaired) electrons. The van der Waals surface area contributed by atoms with Crippen LogP contribution in [0.5, 0.6) is 0 Å². The second kappa shape index (κ2) is 3.49. The Morgan fingerprint density at radius 1 is 1.67 bits per heavy atom. The number of rotatable bonds is 3. The Hall–Kier alpha value is -0.490. The monoisotopic (exact) mass is 206 g/mol. The highest BCUT2D eigenvalue weighted by Gasteiger charge is 2.26. The summed E-state index contributed by atoms with van der Waals surface area (Å²) in [5.41, 5.74) is 5.18. The first-order valence-electron chi connectivity index (χ1n) is 3.44. The van der Waals surface area contributed by atoms with Gasteiger partial charge in [-0.05, 0) is 5.75 Å². The van der Waals surface area contributed by atoms with Crippen molar-refractivity contribution >= 4 is 26.8 Å². The fourth-order valence-corrected chi connectivity index (χ4v) is 2.73. The highest BCUT2D eigenvalue weighted by Crippen LogP contribution is 2.19. The van der Waals surface area contributed by atoms with Crippen molar-refractivity contribution in [2.24, 2.45) is 10.7 Å². The van der Waals surface area contributed by atoms with Crippen molar-refractivity contribution in [2.45, 2.75) is 6.92 Å². The summed E-state index contributed by atoms with van der Waals surface area (Å²) in [6.45, 7) is 1.97. The van der Waals surface area contributed by atoms with Gasteiger partial charge in [-0.3, -0.25) is 0 Å². The summed E-state index contributed by atoms with van der Waals surface area (Å²) < 4.78 is 22.5. The largest absolute Gasteiger partial charge is 0.374 e. The summed E-state index contributed by atoms with van der Waals surface area (Å²) in [5, 5.41) is -0.283. The average Bonchev–Trinajstić information content (AvgIpc) is 2.25. The van der Waals surface area contributed by atoms with Gasteiger partial charge in [-0.25, -0.2) is 13.4 Å². The van der Waals surface area contributed by atoms with E-state index in [1.54, 1.807) is 0 Å². The Morgan fingerprint density at radius 3 is 2.75 bits per heavy atom. The minimum absolute atomic E-state index is 0.283. The zero-order valence-electron chi connectivity index (χ0n) is 6.65. The van der Waals surface area contributed by atoms with Crippen molar-refractivity contribution in [3.05, 3.63) is 11.1 Å². The first-order chi connectivity index (χ1) is 5.59. The van der Waals surface area contributed by atoms with E-state index in [2.05, 4.69) is 4.99 Å². The second-order valence-corrected chi connectivity index (χ2v) is 5.43. The molecule has 4 nitrogen and oxygen atoms in total. The molecule has 1 aliphatic heterocycles. The molecule has 0 bridgehead atoms. The highest BCUT2D eigenvalue weighted by molar-refractivity contribution is 8.11. The van der Waals surface area contributed by atoms with Gasteiger partial charge in [0.05, 0.1) is 4.91 Å². The topological polar surface area (TPSA) is 72.5 Å². The molecule has 1 aliphatic rings. The summed E-state index contributed by atoms with van der Waals surface area (Å²) in [4.78, 5) is 3.87. The maximum atomic E-state index is 11.3. The Balaban J connectivity index is 2.74. The van der Waals surface area contributed by atoms with Crippen LogP contribution in [0.3, 0.4) is 0 Å². The van der Waals surface area contributed by atoms with E-state index < -0.39 is 9.84 Å². The van der Waals surface area contributed by atoms with Crippen LogP contribution in [0.25, 0.3) is 0 Å². The SMILES string of the molecule is CCSCC1=CN=C(N)S1(=O)=O. The number of nitrogens with zero attached hydrogens (tertiary/aromatic N) is 1. The van der Waals surface area contributed by atoms with Gasteiger partial charge in [0.25, 0.3) is 0 Å². The first-order valence-corrected chi connectivity index (χ1v) is 6.08. The number of amidine groups is 1. The van der Waals surface area contributed by atoms with E-state index in [1.807, 2.05) is 6.92 Å². The maximum absolute atomic E-state index is 11.3. The van der Waals surface area contributed by atoms with E-state index in [4.69, 9.17) is 5.73 Å². The van der Waals surface area contributed by atoms with Gasteiger partial charge in [0, 0.05) is 12.0 Å². The van der Waals surface area contributed by atoms with Gasteiger partial charge in [-0.2, -0.15) is 11.8 Å². The van der Waals surface area contributed by atoms with Crippen molar-refractivity contribution in [1.29, 1.82) is 0 Å². The Labute approximate surface area is 75.9 Å². The number of hydrogen-bond acceptors (Lipinski definition) is 5. The predicted molar refractivity (Wildman–Crippen MR) is 51.6 cm³/mol. The van der Waals surface area contributed by atoms with Crippen molar-refractivity contribution < 1.29 is 8.42 Å². The van der Waals surface area contributed by atoms with Crippen LogP contribution in [0.1, 0.15) is 6.92 Å². The molecular formula is C6H10N2O2S2. The van der Waals surface area contributed by atoms with E-state index >= 15 is 0 Å². The van der Waals surface area contributed by atoms with Crippen LogP contribution in [0, 0.1) is 0 Å². The number of thioether (sulfide) groups is 1. The van der Waals surface area contributed by atoms with Crippen LogP contribution in [0.4, 0.5) is 0 Å². The number of nitrogens with two attached hydrogens (primary N) is 1. The number of sulfone groups is 1. The van der Waals surface area contributed by atoms with Crippen molar-refractivity contribution in [1.82, 2.24) is 0 Å². The molecule has 12 heavy (non-hydrogen) atoms. The van der Waals surface area contributed by atoms with Gasteiger partial charge in [-0.1, -0.05) is 6.92 Å². The number of hydrogen-bond donors (Lipinski definition) is 1. The Morgan fingerprint density at radius 2 is 2.33 bits per heavy atom. The van der Waals surface area contributed by atoms with E-state index in [9.17, 15) is 8.42 Å². The van der Waals surface area contributed by atoms with Crippen LogP contribution in [-0.4, -0.2) is 25.1 Å². The predicted octanol–water partition coefficient (Wildman–Crippen LogP) is 0.324. The Bertz CT molecular complexity index is 329. The zero-order chi connectivity index (χ0) is 9.19. The maximum Gasteiger partial charge on any atom is 0.237 e.